The normalized spacial score (nSPS) is 24.6. The van der Waals surface area contributed by atoms with Crippen molar-refractivity contribution < 1.29 is 14.3 Å². The van der Waals surface area contributed by atoms with Gasteiger partial charge >= 0.3 is 0 Å². The zero-order valence-corrected chi connectivity index (χ0v) is 15.3. The molecule has 2 atom stereocenters. The predicted molar refractivity (Wildman–Crippen MR) is 95.8 cm³/mol. The van der Waals surface area contributed by atoms with Crippen LogP contribution in [0.3, 0.4) is 0 Å². The van der Waals surface area contributed by atoms with Gasteiger partial charge in [0, 0.05) is 25.0 Å². The van der Waals surface area contributed by atoms with Gasteiger partial charge in [-0.05, 0) is 32.3 Å². The molecule has 2 aliphatic heterocycles. The molecule has 6 heteroatoms. The maximum Gasteiger partial charge on any atom is 0.254 e. The number of hydrogen-bond donors (Lipinski definition) is 0. The monoisotopic (exact) mass is 355 g/mol. The van der Waals surface area contributed by atoms with Gasteiger partial charge in [0.2, 0.25) is 5.91 Å². The van der Waals surface area contributed by atoms with Gasteiger partial charge in [0.15, 0.2) is 6.10 Å². The predicted octanol–water partition coefficient (Wildman–Crippen LogP) is 2.13. The average Bonchev–Trinajstić information content (AvgIpc) is 2.67. The van der Waals surface area contributed by atoms with Gasteiger partial charge in [-0.25, -0.2) is 0 Å². The second-order valence-electron chi connectivity index (χ2n) is 7.21. The Balaban J connectivity index is 1.87. The molecule has 0 radical (unpaired) electrons. The molecule has 2 fully saturated rings. The molecule has 0 aromatic heterocycles. The largest absolute Gasteiger partial charge is 0.356 e. The number of ether oxygens (including phenoxy) is 1. The topological polar surface area (TPSA) is 73.6 Å². The lowest BCUT2D eigenvalue weighted by Crippen LogP contribution is -2.57. The van der Waals surface area contributed by atoms with Gasteiger partial charge in [-0.15, -0.1) is 0 Å². The van der Waals surface area contributed by atoms with Crippen LogP contribution in [0, 0.1) is 17.2 Å². The molecule has 2 heterocycles. The van der Waals surface area contributed by atoms with Gasteiger partial charge in [0.05, 0.1) is 12.1 Å². The summed E-state index contributed by atoms with van der Waals surface area (Å²) in [6.07, 6.45) is 0.673. The van der Waals surface area contributed by atoms with Gasteiger partial charge in [-0.3, -0.25) is 9.59 Å². The Hall–Kier alpha value is -2.39. The molecule has 2 amide bonds. The summed E-state index contributed by atoms with van der Waals surface area (Å²) in [5.74, 6) is -0.167. The van der Waals surface area contributed by atoms with Crippen molar-refractivity contribution in [3.63, 3.8) is 0 Å². The number of nitrogens with zero attached hydrogens (tertiary/aromatic N) is 3. The van der Waals surface area contributed by atoms with Crippen LogP contribution >= 0.6 is 0 Å². The zero-order chi connectivity index (χ0) is 18.7. The van der Waals surface area contributed by atoms with Gasteiger partial charge in [-0.2, -0.15) is 5.26 Å². The van der Waals surface area contributed by atoms with Crippen LogP contribution in [0.2, 0.25) is 0 Å². The van der Waals surface area contributed by atoms with Crippen LogP contribution in [0.4, 0.5) is 0 Å². The highest BCUT2D eigenvalue weighted by atomic mass is 16.5. The van der Waals surface area contributed by atoms with E-state index in [1.807, 2.05) is 44.2 Å². The van der Waals surface area contributed by atoms with E-state index in [-0.39, 0.29) is 30.4 Å². The zero-order valence-electron chi connectivity index (χ0n) is 15.3. The van der Waals surface area contributed by atoms with Crippen LogP contribution in [0.15, 0.2) is 30.3 Å². The molecule has 0 saturated carbocycles. The van der Waals surface area contributed by atoms with Crippen molar-refractivity contribution in [3.05, 3.63) is 35.9 Å². The first-order valence-corrected chi connectivity index (χ1v) is 9.19. The third-order valence-electron chi connectivity index (χ3n) is 5.19. The number of benzene rings is 1. The van der Waals surface area contributed by atoms with Crippen LogP contribution in [-0.2, 0) is 14.3 Å². The van der Waals surface area contributed by atoms with Gasteiger partial charge in [0.25, 0.3) is 5.91 Å². The van der Waals surface area contributed by atoms with Crippen LogP contribution in [0.25, 0.3) is 0 Å². The van der Waals surface area contributed by atoms with Crippen molar-refractivity contribution in [1.29, 1.82) is 5.26 Å². The highest BCUT2D eigenvalue weighted by Crippen LogP contribution is 2.33. The van der Waals surface area contributed by atoms with E-state index in [0.29, 0.717) is 25.9 Å². The minimum atomic E-state index is -0.712. The molecule has 1 aromatic rings. The van der Waals surface area contributed by atoms with E-state index in [0.717, 1.165) is 5.56 Å². The molecule has 1 aromatic carbocycles. The molecular formula is C20H25N3O3. The Kier molecular flexibility index (Phi) is 5.58. The van der Waals surface area contributed by atoms with Crippen LogP contribution < -0.4 is 0 Å². The first kappa shape index (κ1) is 18.4. The number of piperidine rings is 1. The number of hydrogen-bond acceptors (Lipinski definition) is 4. The Morgan fingerprint density at radius 1 is 1.23 bits per heavy atom. The summed E-state index contributed by atoms with van der Waals surface area (Å²) in [4.78, 5) is 29.2. The molecule has 2 aliphatic rings. The quantitative estimate of drug-likeness (QED) is 0.832. The standard InChI is InChI=1S/C20H25N3O3/c1-14(2)23-17(24)13-26-19(18(23)16-6-4-3-5-7-16)20(25)22-10-8-15(12-21)9-11-22/h3-7,14-15,18-19H,8-11,13H2,1-2H3. The summed E-state index contributed by atoms with van der Waals surface area (Å²) in [6.45, 7) is 4.97. The van der Waals surface area contributed by atoms with E-state index in [4.69, 9.17) is 10.00 Å². The Bertz CT molecular complexity index is 690. The number of carbonyl (C=O) groups excluding carboxylic acids is 2. The minimum absolute atomic E-state index is 0.0185. The van der Waals surface area contributed by atoms with Crippen molar-refractivity contribution in [3.8, 4) is 6.07 Å². The molecule has 0 aliphatic carbocycles. The molecule has 6 nitrogen and oxygen atoms in total. The Morgan fingerprint density at radius 2 is 1.88 bits per heavy atom. The highest BCUT2D eigenvalue weighted by molar-refractivity contribution is 5.86. The number of amides is 2. The smallest absolute Gasteiger partial charge is 0.254 e. The average molecular weight is 355 g/mol. The molecule has 2 unspecified atom stereocenters. The summed E-state index contributed by atoms with van der Waals surface area (Å²) < 4.78 is 5.76. The summed E-state index contributed by atoms with van der Waals surface area (Å²) in [5, 5.41) is 9.06. The van der Waals surface area contributed by atoms with E-state index >= 15 is 0 Å². The lowest BCUT2D eigenvalue weighted by molar-refractivity contribution is -0.172. The molecule has 138 valence electrons. The second-order valence-corrected chi connectivity index (χ2v) is 7.21. The molecular weight excluding hydrogens is 330 g/mol. The summed E-state index contributed by atoms with van der Waals surface area (Å²) >= 11 is 0. The fourth-order valence-electron chi connectivity index (χ4n) is 3.84. The maximum absolute atomic E-state index is 13.2. The second kappa shape index (κ2) is 7.88. The SMILES string of the molecule is CC(C)N1C(=O)COC(C(=O)N2CCC(C#N)CC2)C1c1ccccc1. The van der Waals surface area contributed by atoms with Crippen LogP contribution in [0.1, 0.15) is 38.3 Å². The summed E-state index contributed by atoms with van der Waals surface area (Å²) in [5.41, 5.74) is 0.902. The van der Waals surface area contributed by atoms with Crippen molar-refractivity contribution >= 4 is 11.8 Å². The lowest BCUT2D eigenvalue weighted by Gasteiger charge is -2.44. The van der Waals surface area contributed by atoms with Gasteiger partial charge in [-0.1, -0.05) is 30.3 Å². The summed E-state index contributed by atoms with van der Waals surface area (Å²) in [7, 11) is 0. The van der Waals surface area contributed by atoms with Crippen molar-refractivity contribution in [2.45, 2.75) is 44.9 Å². The summed E-state index contributed by atoms with van der Waals surface area (Å²) in [6, 6.07) is 11.4. The maximum atomic E-state index is 13.2. The van der Waals surface area contributed by atoms with E-state index in [2.05, 4.69) is 6.07 Å². The third-order valence-corrected chi connectivity index (χ3v) is 5.19. The molecule has 2 saturated heterocycles. The van der Waals surface area contributed by atoms with E-state index in [1.54, 1.807) is 9.80 Å². The van der Waals surface area contributed by atoms with Gasteiger partial charge < -0.3 is 14.5 Å². The lowest BCUT2D eigenvalue weighted by atomic mass is 9.93. The molecule has 0 N–H and O–H groups in total. The van der Waals surface area contributed by atoms with Crippen LogP contribution in [-0.4, -0.2) is 53.5 Å². The number of nitriles is 1. The molecule has 3 rings (SSSR count). The molecule has 0 bridgehead atoms. The number of likely N-dealkylation sites (tertiary alicyclic amines) is 1. The Morgan fingerprint density at radius 3 is 2.46 bits per heavy atom. The van der Waals surface area contributed by atoms with Crippen molar-refractivity contribution in [2.24, 2.45) is 5.92 Å². The van der Waals surface area contributed by atoms with Crippen molar-refractivity contribution in [2.75, 3.05) is 19.7 Å². The van der Waals surface area contributed by atoms with Crippen molar-refractivity contribution in [1.82, 2.24) is 9.80 Å². The fourth-order valence-corrected chi connectivity index (χ4v) is 3.84. The highest BCUT2D eigenvalue weighted by Gasteiger charge is 2.44. The fraction of sp³-hybridized carbons (Fsp3) is 0.550. The Labute approximate surface area is 154 Å². The first-order chi connectivity index (χ1) is 12.5. The first-order valence-electron chi connectivity index (χ1n) is 9.19. The number of rotatable bonds is 3. The van der Waals surface area contributed by atoms with Gasteiger partial charge in [0.1, 0.15) is 6.61 Å². The van der Waals surface area contributed by atoms with E-state index < -0.39 is 12.1 Å². The molecule has 0 spiro atoms. The van der Waals surface area contributed by atoms with Crippen LogP contribution in [0.5, 0.6) is 0 Å². The third kappa shape index (κ3) is 3.58. The number of carbonyl (C=O) groups is 2. The molecule has 26 heavy (non-hydrogen) atoms. The number of morpholine rings is 1. The minimum Gasteiger partial charge on any atom is -0.356 e. The van der Waals surface area contributed by atoms with E-state index in [1.165, 1.54) is 0 Å². The van der Waals surface area contributed by atoms with E-state index in [9.17, 15) is 9.59 Å².